The van der Waals surface area contributed by atoms with Gasteiger partial charge in [0.25, 0.3) is 0 Å². The van der Waals surface area contributed by atoms with Gasteiger partial charge in [-0.3, -0.25) is 14.4 Å². The van der Waals surface area contributed by atoms with Gasteiger partial charge in [-0.1, -0.05) is 17.7 Å². The Hall–Kier alpha value is -3.12. The Morgan fingerprint density at radius 2 is 1.89 bits per heavy atom. The van der Waals surface area contributed by atoms with Gasteiger partial charge in [-0.05, 0) is 48.9 Å². The minimum absolute atomic E-state index is 0.0964. The Kier molecular flexibility index (Phi) is 4.65. The number of benzene rings is 2. The number of aryl methyl sites for hydroxylation is 1. The lowest BCUT2D eigenvalue weighted by atomic mass is 10.1. The predicted molar refractivity (Wildman–Crippen MR) is 110 cm³/mol. The molecule has 1 aliphatic heterocycles. The maximum atomic E-state index is 12.7. The van der Waals surface area contributed by atoms with Crippen molar-refractivity contribution in [3.05, 3.63) is 69.5 Å². The molecule has 1 fully saturated rings. The van der Waals surface area contributed by atoms with Crippen molar-refractivity contribution in [2.75, 3.05) is 16.8 Å². The van der Waals surface area contributed by atoms with Crippen molar-refractivity contribution >= 4 is 45.7 Å². The zero-order valence-corrected chi connectivity index (χ0v) is 15.9. The van der Waals surface area contributed by atoms with Crippen LogP contribution in [0.4, 0.5) is 11.4 Å². The van der Waals surface area contributed by atoms with Crippen molar-refractivity contribution in [3.63, 3.8) is 0 Å². The fourth-order valence-electron chi connectivity index (χ4n) is 3.51. The molecular formula is C21H18ClN3O3. The van der Waals surface area contributed by atoms with Crippen LogP contribution in [0.3, 0.4) is 0 Å². The molecule has 142 valence electrons. The second-order valence-electron chi connectivity index (χ2n) is 6.95. The third kappa shape index (κ3) is 3.51. The van der Waals surface area contributed by atoms with Crippen LogP contribution in [0.15, 0.2) is 53.3 Å². The summed E-state index contributed by atoms with van der Waals surface area (Å²) in [5, 5.41) is 4.37. The van der Waals surface area contributed by atoms with E-state index in [9.17, 15) is 14.4 Å². The number of amides is 2. The molecule has 0 bridgehead atoms. The highest BCUT2D eigenvalue weighted by molar-refractivity contribution is 6.30. The summed E-state index contributed by atoms with van der Waals surface area (Å²) in [5.41, 5.74) is 2.65. The van der Waals surface area contributed by atoms with Gasteiger partial charge in [-0.2, -0.15) is 0 Å². The number of anilines is 2. The Labute approximate surface area is 166 Å². The van der Waals surface area contributed by atoms with Crippen LogP contribution in [0.2, 0.25) is 5.02 Å². The second-order valence-corrected chi connectivity index (χ2v) is 7.38. The summed E-state index contributed by atoms with van der Waals surface area (Å²) >= 11 is 5.90. The van der Waals surface area contributed by atoms with Crippen LogP contribution in [-0.2, 0) is 9.59 Å². The molecule has 0 saturated carbocycles. The molecule has 7 heteroatoms. The summed E-state index contributed by atoms with van der Waals surface area (Å²) < 4.78 is 0. The number of halogens is 1. The Morgan fingerprint density at radius 1 is 1.14 bits per heavy atom. The Balaban J connectivity index is 1.51. The maximum Gasteiger partial charge on any atom is 0.248 e. The molecule has 2 heterocycles. The summed E-state index contributed by atoms with van der Waals surface area (Å²) in [6.07, 6.45) is 0.151. The summed E-state index contributed by atoms with van der Waals surface area (Å²) in [6, 6.07) is 13.9. The molecule has 2 amide bonds. The highest BCUT2D eigenvalue weighted by atomic mass is 35.5. The van der Waals surface area contributed by atoms with Gasteiger partial charge in [-0.25, -0.2) is 0 Å². The number of hydrogen-bond donors (Lipinski definition) is 2. The largest absolute Gasteiger partial charge is 0.326 e. The molecular weight excluding hydrogens is 378 g/mol. The number of hydrogen-bond acceptors (Lipinski definition) is 3. The zero-order valence-electron chi connectivity index (χ0n) is 15.2. The van der Waals surface area contributed by atoms with Crippen LogP contribution in [0.5, 0.6) is 0 Å². The van der Waals surface area contributed by atoms with Crippen LogP contribution in [0.1, 0.15) is 12.0 Å². The number of nitrogens with one attached hydrogen (secondary N) is 2. The molecule has 1 aliphatic rings. The first-order valence-corrected chi connectivity index (χ1v) is 9.29. The number of nitrogens with zero attached hydrogens (tertiary/aromatic N) is 1. The molecule has 1 saturated heterocycles. The number of fused-ring (bicyclic) bond motifs is 1. The number of pyridine rings is 1. The lowest BCUT2D eigenvalue weighted by molar-refractivity contribution is -0.122. The van der Waals surface area contributed by atoms with E-state index in [1.54, 1.807) is 41.3 Å². The van der Waals surface area contributed by atoms with Gasteiger partial charge in [0, 0.05) is 40.8 Å². The number of H-pyrrole nitrogens is 1. The molecule has 3 aromatic rings. The smallest absolute Gasteiger partial charge is 0.248 e. The first kappa shape index (κ1) is 18.3. The molecule has 1 aromatic heterocycles. The fourth-order valence-corrected chi connectivity index (χ4v) is 3.64. The lowest BCUT2D eigenvalue weighted by Gasteiger charge is -2.17. The predicted octanol–water partition coefficient (Wildman–Crippen LogP) is 3.48. The van der Waals surface area contributed by atoms with Crippen LogP contribution < -0.4 is 15.8 Å². The van der Waals surface area contributed by atoms with Gasteiger partial charge >= 0.3 is 0 Å². The quantitative estimate of drug-likeness (QED) is 0.712. The van der Waals surface area contributed by atoms with Gasteiger partial charge in [0.1, 0.15) is 0 Å². The molecule has 28 heavy (non-hydrogen) atoms. The van der Waals surface area contributed by atoms with E-state index in [0.717, 1.165) is 16.6 Å². The summed E-state index contributed by atoms with van der Waals surface area (Å²) in [5.74, 6) is -0.768. The molecule has 0 radical (unpaired) electrons. The van der Waals surface area contributed by atoms with Gasteiger partial charge < -0.3 is 15.2 Å². The monoisotopic (exact) mass is 395 g/mol. The van der Waals surface area contributed by atoms with E-state index in [1.165, 1.54) is 6.07 Å². The number of carbonyl (C=O) groups is 2. The van der Waals surface area contributed by atoms with Gasteiger partial charge in [0.15, 0.2) is 0 Å². The van der Waals surface area contributed by atoms with Crippen LogP contribution >= 0.6 is 11.6 Å². The number of carbonyl (C=O) groups excluding carboxylic acids is 2. The second kappa shape index (κ2) is 7.13. The van der Waals surface area contributed by atoms with E-state index in [1.807, 2.05) is 13.0 Å². The minimum Gasteiger partial charge on any atom is -0.326 e. The van der Waals surface area contributed by atoms with Crippen molar-refractivity contribution in [3.8, 4) is 0 Å². The van der Waals surface area contributed by atoms with Crippen LogP contribution in [-0.4, -0.2) is 23.3 Å². The third-order valence-electron chi connectivity index (χ3n) is 4.95. The number of rotatable bonds is 3. The average molecular weight is 396 g/mol. The highest BCUT2D eigenvalue weighted by Crippen LogP contribution is 2.27. The molecule has 2 aromatic carbocycles. The first-order chi connectivity index (χ1) is 13.4. The third-order valence-corrected chi connectivity index (χ3v) is 5.20. The van der Waals surface area contributed by atoms with Crippen molar-refractivity contribution in [1.82, 2.24) is 4.98 Å². The van der Waals surface area contributed by atoms with Gasteiger partial charge in [0.2, 0.25) is 17.4 Å². The topological polar surface area (TPSA) is 82.3 Å². The van der Waals surface area contributed by atoms with E-state index in [0.29, 0.717) is 22.8 Å². The van der Waals surface area contributed by atoms with Crippen LogP contribution in [0, 0.1) is 12.8 Å². The minimum atomic E-state index is -0.449. The zero-order chi connectivity index (χ0) is 19.8. The van der Waals surface area contributed by atoms with Gasteiger partial charge in [-0.15, -0.1) is 0 Å². The SMILES string of the molecule is Cc1cc(=O)[nH]c2cc(NC(=O)C3CC(=O)N(c4ccc(Cl)cc4)C3)ccc12. The fraction of sp³-hybridized carbons (Fsp3) is 0.190. The molecule has 1 unspecified atom stereocenters. The molecule has 4 rings (SSSR count). The highest BCUT2D eigenvalue weighted by Gasteiger charge is 2.35. The standard InChI is InChI=1S/C21H18ClN3O3/c1-12-8-19(26)24-18-10-15(4-7-17(12)18)23-21(28)13-9-20(27)25(11-13)16-5-2-14(22)3-6-16/h2-8,10,13H,9,11H2,1H3,(H,23,28)(H,24,26). The summed E-state index contributed by atoms with van der Waals surface area (Å²) in [4.78, 5) is 41.1. The number of aromatic amines is 1. The number of aromatic nitrogens is 1. The van der Waals surface area contributed by atoms with Crippen molar-refractivity contribution < 1.29 is 9.59 Å². The normalized spacial score (nSPS) is 16.6. The molecule has 0 aliphatic carbocycles. The van der Waals surface area contributed by atoms with Crippen molar-refractivity contribution in [2.24, 2.45) is 5.92 Å². The average Bonchev–Trinajstić information content (AvgIpc) is 3.04. The molecule has 2 N–H and O–H groups in total. The van der Waals surface area contributed by atoms with E-state index in [-0.39, 0.29) is 23.8 Å². The van der Waals surface area contributed by atoms with Crippen LogP contribution in [0.25, 0.3) is 10.9 Å². The molecule has 0 spiro atoms. The first-order valence-electron chi connectivity index (χ1n) is 8.91. The summed E-state index contributed by atoms with van der Waals surface area (Å²) in [7, 11) is 0. The Morgan fingerprint density at radius 3 is 2.64 bits per heavy atom. The lowest BCUT2D eigenvalue weighted by Crippen LogP contribution is -2.28. The van der Waals surface area contributed by atoms with Crippen molar-refractivity contribution in [1.29, 1.82) is 0 Å². The van der Waals surface area contributed by atoms with Crippen molar-refractivity contribution in [2.45, 2.75) is 13.3 Å². The van der Waals surface area contributed by atoms with E-state index in [2.05, 4.69) is 10.3 Å². The summed E-state index contributed by atoms with van der Waals surface area (Å²) in [6.45, 7) is 2.18. The molecule has 6 nitrogen and oxygen atoms in total. The van der Waals surface area contributed by atoms with E-state index >= 15 is 0 Å². The van der Waals surface area contributed by atoms with E-state index in [4.69, 9.17) is 11.6 Å². The van der Waals surface area contributed by atoms with Gasteiger partial charge in [0.05, 0.1) is 11.4 Å². The maximum absolute atomic E-state index is 12.7. The Bertz CT molecular complexity index is 1140. The molecule has 1 atom stereocenters. The van der Waals surface area contributed by atoms with E-state index < -0.39 is 5.92 Å².